The van der Waals surface area contributed by atoms with E-state index in [1.165, 1.54) is 0 Å². The number of carbonyl (C=O) groups excluding carboxylic acids is 2. The zero-order valence-corrected chi connectivity index (χ0v) is 17.1. The van der Waals surface area contributed by atoms with Crippen LogP contribution in [0, 0.1) is 5.92 Å². The van der Waals surface area contributed by atoms with Crippen molar-refractivity contribution in [1.29, 1.82) is 0 Å². The first kappa shape index (κ1) is 20.1. The van der Waals surface area contributed by atoms with Crippen LogP contribution in [0.15, 0.2) is 54.9 Å². The lowest BCUT2D eigenvalue weighted by molar-refractivity contribution is -0.126. The van der Waals surface area contributed by atoms with Crippen LogP contribution in [0.2, 0.25) is 5.02 Å². The standard InChI is InChI=1S/C22H22ClN5O2/c23-18-5-3-15(4-6-18)13-25-21(29)16-7-10-28(11-8-16)22(30)20-12-19(26-27-20)17-2-1-9-24-14-17/h1-6,9,12,14,16H,7-8,10-11,13H2,(H,25,29)(H,26,27). The molecule has 3 heterocycles. The van der Waals surface area contributed by atoms with Crippen LogP contribution in [0.3, 0.4) is 0 Å². The molecule has 1 aliphatic heterocycles. The summed E-state index contributed by atoms with van der Waals surface area (Å²) < 4.78 is 0. The van der Waals surface area contributed by atoms with Crippen LogP contribution in [-0.2, 0) is 11.3 Å². The summed E-state index contributed by atoms with van der Waals surface area (Å²) in [7, 11) is 0. The Bertz CT molecular complexity index is 1010. The molecule has 30 heavy (non-hydrogen) atoms. The topological polar surface area (TPSA) is 91.0 Å². The van der Waals surface area contributed by atoms with Gasteiger partial charge in [0.1, 0.15) is 0 Å². The maximum atomic E-state index is 12.8. The second-order valence-electron chi connectivity index (χ2n) is 7.32. The molecular formula is C22H22ClN5O2. The molecule has 0 spiro atoms. The monoisotopic (exact) mass is 423 g/mol. The van der Waals surface area contributed by atoms with Crippen molar-refractivity contribution < 1.29 is 9.59 Å². The van der Waals surface area contributed by atoms with Gasteiger partial charge < -0.3 is 10.2 Å². The lowest BCUT2D eigenvalue weighted by Gasteiger charge is -2.30. The highest BCUT2D eigenvalue weighted by atomic mass is 35.5. The number of aromatic amines is 1. The molecule has 3 aromatic rings. The molecule has 1 aromatic carbocycles. The first-order chi connectivity index (χ1) is 14.6. The number of nitrogens with zero attached hydrogens (tertiary/aromatic N) is 3. The molecule has 0 aliphatic carbocycles. The SMILES string of the molecule is O=C(NCc1ccc(Cl)cc1)C1CCN(C(=O)c2cc(-c3cccnc3)[nH]n2)CC1. The summed E-state index contributed by atoms with van der Waals surface area (Å²) in [6.07, 6.45) is 4.69. The predicted octanol–water partition coefficient (Wildman–Crippen LogP) is 3.29. The summed E-state index contributed by atoms with van der Waals surface area (Å²) in [6, 6.07) is 12.9. The van der Waals surface area contributed by atoms with Gasteiger partial charge in [-0.3, -0.25) is 19.7 Å². The Morgan fingerprint density at radius 1 is 1.17 bits per heavy atom. The summed E-state index contributed by atoms with van der Waals surface area (Å²) in [5.74, 6) is -0.191. The summed E-state index contributed by atoms with van der Waals surface area (Å²) >= 11 is 5.88. The van der Waals surface area contributed by atoms with E-state index in [1.807, 2.05) is 36.4 Å². The van der Waals surface area contributed by atoms with Crippen molar-refractivity contribution in [2.24, 2.45) is 5.92 Å². The Morgan fingerprint density at radius 3 is 2.63 bits per heavy atom. The number of likely N-dealkylation sites (tertiary alicyclic amines) is 1. The van der Waals surface area contributed by atoms with Crippen molar-refractivity contribution in [2.75, 3.05) is 13.1 Å². The lowest BCUT2D eigenvalue weighted by atomic mass is 9.95. The minimum atomic E-state index is -0.124. The van der Waals surface area contributed by atoms with Gasteiger partial charge in [-0.2, -0.15) is 5.10 Å². The zero-order chi connectivity index (χ0) is 20.9. The molecule has 1 fully saturated rings. The van der Waals surface area contributed by atoms with E-state index in [1.54, 1.807) is 23.4 Å². The maximum Gasteiger partial charge on any atom is 0.274 e. The van der Waals surface area contributed by atoms with Gasteiger partial charge in [0.2, 0.25) is 5.91 Å². The Kier molecular flexibility index (Phi) is 6.09. The van der Waals surface area contributed by atoms with E-state index in [2.05, 4.69) is 20.5 Å². The van der Waals surface area contributed by atoms with Crippen molar-refractivity contribution in [2.45, 2.75) is 19.4 Å². The minimum Gasteiger partial charge on any atom is -0.352 e. The number of aromatic nitrogens is 3. The molecule has 2 amide bonds. The van der Waals surface area contributed by atoms with E-state index in [0.29, 0.717) is 43.2 Å². The van der Waals surface area contributed by atoms with Crippen molar-refractivity contribution >= 4 is 23.4 Å². The Hall–Kier alpha value is -3.19. The Labute approximate surface area is 179 Å². The van der Waals surface area contributed by atoms with Gasteiger partial charge in [-0.1, -0.05) is 23.7 Å². The van der Waals surface area contributed by atoms with Crippen LogP contribution < -0.4 is 5.32 Å². The summed E-state index contributed by atoms with van der Waals surface area (Å²) in [5.41, 5.74) is 3.01. The van der Waals surface area contributed by atoms with Gasteiger partial charge in [0.25, 0.3) is 5.91 Å². The summed E-state index contributed by atoms with van der Waals surface area (Å²) in [5, 5.41) is 10.7. The fourth-order valence-electron chi connectivity index (χ4n) is 3.54. The summed E-state index contributed by atoms with van der Waals surface area (Å²) in [4.78, 5) is 31.1. The molecule has 0 unspecified atom stereocenters. The maximum absolute atomic E-state index is 12.8. The highest BCUT2D eigenvalue weighted by Crippen LogP contribution is 2.21. The van der Waals surface area contributed by atoms with Crippen LogP contribution in [0.1, 0.15) is 28.9 Å². The number of benzene rings is 1. The number of nitrogens with one attached hydrogen (secondary N) is 2. The van der Waals surface area contributed by atoms with E-state index >= 15 is 0 Å². The number of piperidine rings is 1. The zero-order valence-electron chi connectivity index (χ0n) is 16.3. The number of halogens is 1. The normalized spacial score (nSPS) is 14.5. The van der Waals surface area contributed by atoms with Crippen LogP contribution >= 0.6 is 11.6 Å². The third-order valence-electron chi connectivity index (χ3n) is 5.30. The second-order valence-corrected chi connectivity index (χ2v) is 7.76. The molecule has 0 saturated carbocycles. The van der Waals surface area contributed by atoms with Crippen LogP contribution in [-0.4, -0.2) is 45.0 Å². The highest BCUT2D eigenvalue weighted by molar-refractivity contribution is 6.30. The lowest BCUT2D eigenvalue weighted by Crippen LogP contribution is -2.43. The number of hydrogen-bond donors (Lipinski definition) is 2. The van der Waals surface area contributed by atoms with Crippen LogP contribution in [0.5, 0.6) is 0 Å². The first-order valence-electron chi connectivity index (χ1n) is 9.87. The molecule has 2 N–H and O–H groups in total. The number of amides is 2. The average molecular weight is 424 g/mol. The smallest absolute Gasteiger partial charge is 0.274 e. The molecule has 4 rings (SSSR count). The quantitative estimate of drug-likeness (QED) is 0.658. The van der Waals surface area contributed by atoms with Crippen molar-refractivity contribution in [3.63, 3.8) is 0 Å². The van der Waals surface area contributed by atoms with E-state index < -0.39 is 0 Å². The van der Waals surface area contributed by atoms with Crippen LogP contribution in [0.25, 0.3) is 11.3 Å². The van der Waals surface area contributed by atoms with Gasteiger partial charge in [0.05, 0.1) is 5.69 Å². The van der Waals surface area contributed by atoms with Gasteiger partial charge in [-0.25, -0.2) is 0 Å². The van der Waals surface area contributed by atoms with Crippen molar-refractivity contribution in [1.82, 2.24) is 25.4 Å². The number of carbonyl (C=O) groups is 2. The van der Waals surface area contributed by atoms with Gasteiger partial charge in [-0.15, -0.1) is 0 Å². The van der Waals surface area contributed by atoms with E-state index in [9.17, 15) is 9.59 Å². The molecular weight excluding hydrogens is 402 g/mol. The molecule has 8 heteroatoms. The summed E-state index contributed by atoms with van der Waals surface area (Å²) in [6.45, 7) is 1.54. The third kappa shape index (κ3) is 4.68. The molecule has 1 aliphatic rings. The Balaban J connectivity index is 1.28. The largest absolute Gasteiger partial charge is 0.352 e. The van der Waals surface area contributed by atoms with Gasteiger partial charge in [0, 0.05) is 48.5 Å². The van der Waals surface area contributed by atoms with Gasteiger partial charge in [-0.05, 0) is 48.7 Å². The third-order valence-corrected chi connectivity index (χ3v) is 5.55. The van der Waals surface area contributed by atoms with Gasteiger partial charge >= 0.3 is 0 Å². The number of hydrogen-bond acceptors (Lipinski definition) is 4. The number of pyridine rings is 1. The van der Waals surface area contributed by atoms with E-state index in [0.717, 1.165) is 16.8 Å². The molecule has 1 saturated heterocycles. The van der Waals surface area contributed by atoms with Gasteiger partial charge in [0.15, 0.2) is 5.69 Å². The predicted molar refractivity (Wildman–Crippen MR) is 114 cm³/mol. The Morgan fingerprint density at radius 2 is 1.93 bits per heavy atom. The fourth-order valence-corrected chi connectivity index (χ4v) is 3.67. The molecule has 154 valence electrons. The second kappa shape index (κ2) is 9.09. The molecule has 7 nitrogen and oxygen atoms in total. The number of H-pyrrole nitrogens is 1. The van der Waals surface area contributed by atoms with E-state index in [-0.39, 0.29) is 17.7 Å². The minimum absolute atomic E-state index is 0.0238. The average Bonchev–Trinajstić information content (AvgIpc) is 3.29. The molecule has 2 aromatic heterocycles. The fraction of sp³-hybridized carbons (Fsp3) is 0.273. The molecule has 0 radical (unpaired) electrons. The van der Waals surface area contributed by atoms with Crippen molar-refractivity contribution in [3.8, 4) is 11.3 Å². The van der Waals surface area contributed by atoms with Crippen LogP contribution in [0.4, 0.5) is 0 Å². The molecule has 0 bridgehead atoms. The highest BCUT2D eigenvalue weighted by Gasteiger charge is 2.28. The van der Waals surface area contributed by atoms with Crippen molar-refractivity contribution in [3.05, 3.63) is 71.1 Å². The number of rotatable bonds is 5. The molecule has 0 atom stereocenters. The van der Waals surface area contributed by atoms with E-state index in [4.69, 9.17) is 11.6 Å². The first-order valence-corrected chi connectivity index (χ1v) is 10.2.